The van der Waals surface area contributed by atoms with E-state index in [1.807, 2.05) is 13.2 Å². The molecule has 0 aliphatic rings. The summed E-state index contributed by atoms with van der Waals surface area (Å²) in [6.45, 7) is 1.45. The number of carbonyl (C=O) groups is 2. The third-order valence-corrected chi connectivity index (χ3v) is 4.77. The fourth-order valence-electron chi connectivity index (χ4n) is 2.58. The Morgan fingerprint density at radius 1 is 1.22 bits per heavy atom. The largest absolute Gasteiger partial charge is 0.454 e. The number of benzene rings is 1. The van der Waals surface area contributed by atoms with E-state index in [1.165, 1.54) is 23.4 Å². The van der Waals surface area contributed by atoms with Gasteiger partial charge in [0.05, 0.1) is 5.56 Å². The van der Waals surface area contributed by atoms with Crippen LogP contribution in [-0.4, -0.2) is 33.7 Å². The van der Waals surface area contributed by atoms with Crippen LogP contribution in [0.25, 0.3) is 0 Å². The standard InChI is InChI=1S/C18H21N3O5S/c1-4-9-21-15(19)14(16(23)20(2)18(21)25)12(22)10-26-17(24)11-7-5-6-8-13(11)27-3/h5-8H,4,9-10,19H2,1-3H3. The summed E-state index contributed by atoms with van der Waals surface area (Å²) < 4.78 is 7.06. The Morgan fingerprint density at radius 3 is 2.52 bits per heavy atom. The topological polar surface area (TPSA) is 113 Å². The van der Waals surface area contributed by atoms with Gasteiger partial charge in [0.1, 0.15) is 11.4 Å². The molecule has 1 heterocycles. The maximum atomic E-state index is 12.5. The molecular weight excluding hydrogens is 370 g/mol. The average Bonchev–Trinajstić information content (AvgIpc) is 2.67. The fourth-order valence-corrected chi connectivity index (χ4v) is 3.17. The zero-order valence-electron chi connectivity index (χ0n) is 15.4. The summed E-state index contributed by atoms with van der Waals surface area (Å²) in [6, 6.07) is 6.83. The molecular formula is C18H21N3O5S. The predicted molar refractivity (Wildman–Crippen MR) is 103 cm³/mol. The molecule has 9 heteroatoms. The molecule has 27 heavy (non-hydrogen) atoms. The van der Waals surface area contributed by atoms with Crippen LogP contribution in [0, 0.1) is 0 Å². The molecule has 8 nitrogen and oxygen atoms in total. The van der Waals surface area contributed by atoms with Gasteiger partial charge in [0.15, 0.2) is 6.61 Å². The first kappa shape index (κ1) is 20.5. The normalized spacial score (nSPS) is 10.6. The number of hydrogen-bond donors (Lipinski definition) is 1. The quantitative estimate of drug-likeness (QED) is 0.430. The summed E-state index contributed by atoms with van der Waals surface area (Å²) in [6.07, 6.45) is 2.41. The number of anilines is 1. The van der Waals surface area contributed by atoms with E-state index in [1.54, 1.807) is 24.3 Å². The number of rotatable bonds is 7. The van der Waals surface area contributed by atoms with Gasteiger partial charge in [0.25, 0.3) is 5.56 Å². The number of hydrogen-bond acceptors (Lipinski definition) is 7. The van der Waals surface area contributed by atoms with Crippen molar-refractivity contribution in [2.75, 3.05) is 18.6 Å². The molecule has 0 radical (unpaired) electrons. The van der Waals surface area contributed by atoms with Gasteiger partial charge in [-0.05, 0) is 24.8 Å². The number of esters is 1. The van der Waals surface area contributed by atoms with Gasteiger partial charge in [0.2, 0.25) is 5.78 Å². The van der Waals surface area contributed by atoms with E-state index in [9.17, 15) is 19.2 Å². The Kier molecular flexibility index (Phi) is 6.62. The number of aromatic nitrogens is 2. The first-order chi connectivity index (χ1) is 12.8. The van der Waals surface area contributed by atoms with Crippen LogP contribution >= 0.6 is 11.8 Å². The van der Waals surface area contributed by atoms with Crippen LogP contribution in [0.3, 0.4) is 0 Å². The van der Waals surface area contributed by atoms with E-state index >= 15 is 0 Å². The first-order valence-electron chi connectivity index (χ1n) is 8.26. The number of nitrogens with zero attached hydrogens (tertiary/aromatic N) is 2. The highest BCUT2D eigenvalue weighted by molar-refractivity contribution is 7.98. The molecule has 0 fully saturated rings. The van der Waals surface area contributed by atoms with E-state index < -0.39 is 29.6 Å². The summed E-state index contributed by atoms with van der Waals surface area (Å²) >= 11 is 1.37. The number of ketones is 1. The molecule has 0 saturated heterocycles. The zero-order chi connectivity index (χ0) is 20.1. The molecule has 0 aliphatic heterocycles. The highest BCUT2D eigenvalue weighted by Gasteiger charge is 2.23. The lowest BCUT2D eigenvalue weighted by molar-refractivity contribution is 0.0470. The molecule has 2 N–H and O–H groups in total. The van der Waals surface area contributed by atoms with Crippen LogP contribution in [-0.2, 0) is 18.3 Å². The average molecular weight is 391 g/mol. The highest BCUT2D eigenvalue weighted by Crippen LogP contribution is 2.20. The molecule has 2 rings (SSSR count). The van der Waals surface area contributed by atoms with Gasteiger partial charge in [-0.3, -0.25) is 18.7 Å². The lowest BCUT2D eigenvalue weighted by Gasteiger charge is -2.14. The number of Topliss-reactive ketones (excluding diaryl/α,β-unsaturated/α-hetero) is 1. The number of nitrogens with two attached hydrogens (primary N) is 1. The van der Waals surface area contributed by atoms with E-state index in [4.69, 9.17) is 10.5 Å². The summed E-state index contributed by atoms with van der Waals surface area (Å²) in [5, 5.41) is 0. The minimum absolute atomic E-state index is 0.212. The second-order valence-electron chi connectivity index (χ2n) is 5.76. The Bertz CT molecular complexity index is 993. The van der Waals surface area contributed by atoms with Crippen molar-refractivity contribution in [1.82, 2.24) is 9.13 Å². The van der Waals surface area contributed by atoms with Crippen molar-refractivity contribution in [2.24, 2.45) is 7.05 Å². The highest BCUT2D eigenvalue weighted by atomic mass is 32.2. The molecule has 0 saturated carbocycles. The number of carbonyl (C=O) groups excluding carboxylic acids is 2. The molecule has 144 valence electrons. The van der Waals surface area contributed by atoms with Gasteiger partial charge in [-0.2, -0.15) is 0 Å². The molecule has 0 atom stereocenters. The van der Waals surface area contributed by atoms with Crippen molar-refractivity contribution in [3.63, 3.8) is 0 Å². The fraction of sp³-hybridized carbons (Fsp3) is 0.333. The maximum absolute atomic E-state index is 12.5. The Morgan fingerprint density at radius 2 is 1.89 bits per heavy atom. The third kappa shape index (κ3) is 4.13. The number of ether oxygens (including phenoxy) is 1. The second kappa shape index (κ2) is 8.72. The Balaban J connectivity index is 2.30. The number of nitrogen functional groups attached to an aromatic ring is 1. The molecule has 0 unspecified atom stereocenters. The smallest absolute Gasteiger partial charge is 0.339 e. The van der Waals surface area contributed by atoms with Gasteiger partial charge in [-0.1, -0.05) is 19.1 Å². The Hall–Kier alpha value is -2.81. The van der Waals surface area contributed by atoms with Crippen LogP contribution < -0.4 is 17.0 Å². The van der Waals surface area contributed by atoms with E-state index in [2.05, 4.69) is 0 Å². The SMILES string of the molecule is CCCn1c(N)c(C(=O)COC(=O)c2ccccc2SC)c(=O)n(C)c1=O. The molecule has 1 aromatic carbocycles. The van der Waals surface area contributed by atoms with E-state index in [0.717, 1.165) is 4.57 Å². The van der Waals surface area contributed by atoms with Crippen molar-refractivity contribution >= 4 is 29.3 Å². The molecule has 2 aromatic rings. The molecule has 0 amide bonds. The Labute approximate surface area is 159 Å². The van der Waals surface area contributed by atoms with Gasteiger partial charge in [-0.25, -0.2) is 9.59 Å². The molecule has 0 bridgehead atoms. The predicted octanol–water partition coefficient (Wildman–Crippen LogP) is 1.30. The lowest BCUT2D eigenvalue weighted by Crippen LogP contribution is -2.43. The zero-order valence-corrected chi connectivity index (χ0v) is 16.2. The summed E-state index contributed by atoms with van der Waals surface area (Å²) in [5.74, 6) is -1.64. The molecule has 1 aromatic heterocycles. The van der Waals surface area contributed by atoms with Gasteiger partial charge in [-0.15, -0.1) is 11.8 Å². The van der Waals surface area contributed by atoms with Gasteiger partial charge in [0, 0.05) is 18.5 Å². The molecule has 0 spiro atoms. The van der Waals surface area contributed by atoms with Crippen LogP contribution in [0.2, 0.25) is 0 Å². The minimum Gasteiger partial charge on any atom is -0.454 e. The van der Waals surface area contributed by atoms with Crippen LogP contribution in [0.4, 0.5) is 5.82 Å². The van der Waals surface area contributed by atoms with Crippen molar-refractivity contribution in [2.45, 2.75) is 24.8 Å². The van der Waals surface area contributed by atoms with Crippen molar-refractivity contribution < 1.29 is 14.3 Å². The summed E-state index contributed by atoms with van der Waals surface area (Å²) in [7, 11) is 1.27. The lowest BCUT2D eigenvalue weighted by atomic mass is 10.2. The monoisotopic (exact) mass is 391 g/mol. The summed E-state index contributed by atoms with van der Waals surface area (Å²) in [5.41, 5.74) is 4.46. The van der Waals surface area contributed by atoms with Crippen molar-refractivity contribution in [1.29, 1.82) is 0 Å². The van der Waals surface area contributed by atoms with Crippen molar-refractivity contribution in [3.05, 3.63) is 56.2 Å². The van der Waals surface area contributed by atoms with Crippen molar-refractivity contribution in [3.8, 4) is 0 Å². The maximum Gasteiger partial charge on any atom is 0.339 e. The van der Waals surface area contributed by atoms with Gasteiger partial charge >= 0.3 is 11.7 Å². The van der Waals surface area contributed by atoms with Crippen LogP contribution in [0.1, 0.15) is 34.1 Å². The van der Waals surface area contributed by atoms with Crippen LogP contribution in [0.15, 0.2) is 38.8 Å². The van der Waals surface area contributed by atoms with E-state index in [-0.39, 0.29) is 17.9 Å². The van der Waals surface area contributed by atoms with Gasteiger partial charge < -0.3 is 10.5 Å². The minimum atomic E-state index is -0.810. The third-order valence-electron chi connectivity index (χ3n) is 3.97. The molecule has 0 aliphatic carbocycles. The summed E-state index contributed by atoms with van der Waals surface area (Å²) in [4.78, 5) is 50.0. The second-order valence-corrected chi connectivity index (χ2v) is 6.61. The number of thioether (sulfide) groups is 1. The first-order valence-corrected chi connectivity index (χ1v) is 9.48. The van der Waals surface area contributed by atoms with E-state index in [0.29, 0.717) is 16.9 Å². The van der Waals surface area contributed by atoms with Crippen LogP contribution in [0.5, 0.6) is 0 Å².